The molecule has 1 amide bonds. The molecule has 2 aliphatic heterocycles. The van der Waals surface area contributed by atoms with Gasteiger partial charge in [0.05, 0.1) is 54.5 Å². The Bertz CT molecular complexity index is 1960. The van der Waals surface area contributed by atoms with Crippen LogP contribution >= 0.6 is 0 Å². The van der Waals surface area contributed by atoms with Gasteiger partial charge in [0, 0.05) is 30.3 Å². The fourth-order valence-electron chi connectivity index (χ4n) is 6.42. The van der Waals surface area contributed by atoms with Crippen LogP contribution in [0.15, 0.2) is 65.8 Å². The molecule has 0 radical (unpaired) electrons. The summed E-state index contributed by atoms with van der Waals surface area (Å²) >= 11 is 0. The Labute approximate surface area is 294 Å². The summed E-state index contributed by atoms with van der Waals surface area (Å²) in [6.07, 6.45) is 4.11. The summed E-state index contributed by atoms with van der Waals surface area (Å²) in [5.74, 6) is 0.344. The molecule has 1 saturated heterocycles. The smallest absolute Gasteiger partial charge is 0.264 e. The lowest BCUT2D eigenvalue weighted by Gasteiger charge is -2.35. The van der Waals surface area contributed by atoms with Crippen LogP contribution in [0.4, 0.5) is 11.6 Å². The van der Waals surface area contributed by atoms with E-state index in [1.807, 2.05) is 25.1 Å². The first-order chi connectivity index (χ1) is 23.8. The van der Waals surface area contributed by atoms with Gasteiger partial charge in [-0.05, 0) is 54.0 Å². The Morgan fingerprint density at radius 3 is 2.42 bits per heavy atom. The highest BCUT2D eigenvalue weighted by Crippen LogP contribution is 2.34. The highest BCUT2D eigenvalue weighted by atomic mass is 32.2. The number of benzene rings is 2. The first-order valence-electron chi connectivity index (χ1n) is 17.0. The van der Waals surface area contributed by atoms with E-state index in [2.05, 4.69) is 64.2 Å². The number of aryl methyl sites for hydroxylation is 1. The third kappa shape index (κ3) is 8.05. The van der Waals surface area contributed by atoms with E-state index >= 15 is 0 Å². The number of sulfonamides is 1. The van der Waals surface area contributed by atoms with Crippen LogP contribution in [-0.2, 0) is 21.3 Å². The highest BCUT2D eigenvalue weighted by molar-refractivity contribution is 7.92. The number of nitrogens with zero attached hydrogens (tertiary/aromatic N) is 6. The summed E-state index contributed by atoms with van der Waals surface area (Å²) in [4.78, 5) is 36.7. The van der Waals surface area contributed by atoms with Crippen molar-refractivity contribution in [3.63, 3.8) is 0 Å². The van der Waals surface area contributed by atoms with Crippen molar-refractivity contribution < 1.29 is 22.7 Å². The van der Waals surface area contributed by atoms with Gasteiger partial charge in [-0.2, -0.15) is 4.98 Å². The minimum atomic E-state index is -4.19. The molecule has 12 nitrogen and oxygen atoms in total. The molecule has 6 rings (SSSR count). The Morgan fingerprint density at radius 1 is 1.00 bits per heavy atom. The van der Waals surface area contributed by atoms with Crippen LogP contribution in [0.25, 0.3) is 11.3 Å². The number of carbonyl (C=O) groups is 1. The SMILES string of the molecule is Cc1cccc(C(C)C)c1-c1cc2nc(n1)NS(=O)(=O)c1cccc(c1)C(=O)N(Cc1ncc(N3CCOCC3)cn1)[C@H](CC(C)(C)C)CO2. The fraction of sp³-hybridized carbons (Fsp3) is 0.432. The second-order valence-corrected chi connectivity index (χ2v) is 16.0. The first-order valence-corrected chi connectivity index (χ1v) is 18.4. The van der Waals surface area contributed by atoms with Gasteiger partial charge in [0.25, 0.3) is 15.9 Å². The molecule has 13 heteroatoms. The van der Waals surface area contributed by atoms with Gasteiger partial charge < -0.3 is 19.3 Å². The molecule has 1 atom stereocenters. The van der Waals surface area contributed by atoms with Crippen molar-refractivity contribution in [2.45, 2.75) is 71.4 Å². The summed E-state index contributed by atoms with van der Waals surface area (Å²) in [5.41, 5.74) is 4.38. The predicted molar refractivity (Wildman–Crippen MR) is 192 cm³/mol. The molecule has 2 aliphatic rings. The maximum atomic E-state index is 14.5. The van der Waals surface area contributed by atoms with E-state index in [4.69, 9.17) is 9.47 Å². The Kier molecular flexibility index (Phi) is 10.1. The number of anilines is 2. The van der Waals surface area contributed by atoms with Crippen molar-refractivity contribution in [2.75, 3.05) is 42.5 Å². The number of hydrogen-bond donors (Lipinski definition) is 1. The van der Waals surface area contributed by atoms with E-state index in [0.717, 1.165) is 35.5 Å². The average Bonchev–Trinajstić information content (AvgIpc) is 3.08. The molecule has 2 aromatic carbocycles. The monoisotopic (exact) mass is 699 g/mol. The molecular formula is C37H45N7O5S. The molecule has 50 heavy (non-hydrogen) atoms. The summed E-state index contributed by atoms with van der Waals surface area (Å²) in [6, 6.07) is 13.3. The molecule has 0 spiro atoms. The number of fused-ring (bicyclic) bond motifs is 4. The maximum absolute atomic E-state index is 14.5. The van der Waals surface area contributed by atoms with Crippen molar-refractivity contribution >= 4 is 27.6 Å². The van der Waals surface area contributed by atoms with Gasteiger partial charge in [0.1, 0.15) is 12.4 Å². The second kappa shape index (κ2) is 14.3. The van der Waals surface area contributed by atoms with E-state index < -0.39 is 16.1 Å². The Morgan fingerprint density at radius 2 is 1.72 bits per heavy atom. The third-order valence-electron chi connectivity index (χ3n) is 8.86. The van der Waals surface area contributed by atoms with Gasteiger partial charge in [-0.25, -0.2) is 28.1 Å². The lowest BCUT2D eigenvalue weighted by atomic mass is 9.87. The zero-order valence-electron chi connectivity index (χ0n) is 29.5. The zero-order chi connectivity index (χ0) is 35.6. The van der Waals surface area contributed by atoms with E-state index in [-0.39, 0.29) is 52.7 Å². The lowest BCUT2D eigenvalue weighted by molar-refractivity contribution is 0.0505. The van der Waals surface area contributed by atoms with Crippen LogP contribution in [0.1, 0.15) is 74.3 Å². The van der Waals surface area contributed by atoms with Gasteiger partial charge in [0.15, 0.2) is 0 Å². The number of amides is 1. The average molecular weight is 700 g/mol. The molecule has 0 unspecified atom stereocenters. The summed E-state index contributed by atoms with van der Waals surface area (Å²) in [7, 11) is -4.19. The van der Waals surface area contributed by atoms with Crippen LogP contribution in [0, 0.1) is 12.3 Å². The van der Waals surface area contributed by atoms with Crippen molar-refractivity contribution in [1.82, 2.24) is 24.8 Å². The van der Waals surface area contributed by atoms with E-state index in [9.17, 15) is 13.2 Å². The molecule has 0 saturated carbocycles. The minimum Gasteiger partial charge on any atom is -0.475 e. The number of ether oxygens (including phenoxy) is 2. The van der Waals surface area contributed by atoms with Gasteiger partial charge in [-0.1, -0.05) is 58.9 Å². The number of hydrogen-bond acceptors (Lipinski definition) is 10. The fourth-order valence-corrected chi connectivity index (χ4v) is 7.41. The number of carbonyl (C=O) groups excluding carboxylic acids is 1. The van der Waals surface area contributed by atoms with Crippen LogP contribution in [0.3, 0.4) is 0 Å². The van der Waals surface area contributed by atoms with Crippen LogP contribution < -0.4 is 14.4 Å². The molecule has 0 aliphatic carbocycles. The normalized spacial score (nSPS) is 18.1. The number of nitrogens with one attached hydrogen (secondary N) is 1. The largest absolute Gasteiger partial charge is 0.475 e. The van der Waals surface area contributed by atoms with Crippen LogP contribution in [-0.4, -0.2) is 78.1 Å². The Balaban J connectivity index is 1.45. The first kappa shape index (κ1) is 35.2. The third-order valence-corrected chi connectivity index (χ3v) is 10.2. The molecule has 4 bridgehead atoms. The van der Waals surface area contributed by atoms with Gasteiger partial charge in [-0.3, -0.25) is 4.79 Å². The summed E-state index contributed by atoms with van der Waals surface area (Å²) in [5, 5.41) is 0. The minimum absolute atomic E-state index is 0.0853. The van der Waals surface area contributed by atoms with Gasteiger partial charge in [0.2, 0.25) is 11.8 Å². The van der Waals surface area contributed by atoms with Crippen molar-refractivity contribution in [3.8, 4) is 17.1 Å². The predicted octanol–water partition coefficient (Wildman–Crippen LogP) is 5.84. The van der Waals surface area contributed by atoms with Gasteiger partial charge in [-0.15, -0.1) is 0 Å². The Hall–Kier alpha value is -4.62. The molecule has 4 heterocycles. The standard InChI is InChI=1S/C37H45N7O5S/c1-24(2)30-12-7-9-25(3)34(30)31-18-33-41-36(40-31)42-50(46,47)29-11-8-10-26(17-29)35(45)44(27(23-49-33)19-37(4,5)6)22-32-38-20-28(21-39-32)43-13-15-48-16-14-43/h7-12,17-18,20-21,24,27H,13-16,19,22-23H2,1-6H3,(H,40,41,42)/t27-/m1/s1. The quantitative estimate of drug-likeness (QED) is 0.261. The number of aromatic nitrogens is 4. The second-order valence-electron chi connectivity index (χ2n) is 14.4. The molecule has 264 valence electrons. The van der Waals surface area contributed by atoms with Crippen molar-refractivity contribution in [3.05, 3.63) is 83.4 Å². The lowest BCUT2D eigenvalue weighted by Crippen LogP contribution is -2.45. The van der Waals surface area contributed by atoms with Crippen LogP contribution in [0.2, 0.25) is 0 Å². The topological polar surface area (TPSA) is 140 Å². The van der Waals surface area contributed by atoms with Gasteiger partial charge >= 0.3 is 0 Å². The number of morpholine rings is 1. The zero-order valence-corrected chi connectivity index (χ0v) is 30.3. The van der Waals surface area contributed by atoms with E-state index in [1.54, 1.807) is 35.5 Å². The molecule has 2 aromatic heterocycles. The van der Waals surface area contributed by atoms with E-state index in [1.165, 1.54) is 12.1 Å². The maximum Gasteiger partial charge on any atom is 0.264 e. The van der Waals surface area contributed by atoms with E-state index in [0.29, 0.717) is 31.2 Å². The van der Waals surface area contributed by atoms with Crippen molar-refractivity contribution in [2.24, 2.45) is 5.41 Å². The van der Waals surface area contributed by atoms with Crippen LogP contribution in [0.5, 0.6) is 5.88 Å². The number of rotatable bonds is 6. The molecule has 1 fully saturated rings. The molecule has 1 N–H and O–H groups in total. The van der Waals surface area contributed by atoms with Crippen molar-refractivity contribution in [1.29, 1.82) is 0 Å². The summed E-state index contributed by atoms with van der Waals surface area (Å²) < 4.78 is 42.0. The molecular weight excluding hydrogens is 655 g/mol. The summed E-state index contributed by atoms with van der Waals surface area (Å²) in [6.45, 7) is 15.5. The molecule has 4 aromatic rings. The highest BCUT2D eigenvalue weighted by Gasteiger charge is 2.32.